The number of aryl methyl sites for hydroxylation is 1. The molecule has 0 atom stereocenters. The predicted molar refractivity (Wildman–Crippen MR) is 110 cm³/mol. The second-order valence-corrected chi connectivity index (χ2v) is 6.63. The summed E-state index contributed by atoms with van der Waals surface area (Å²) in [7, 11) is 1.59. The van der Waals surface area contributed by atoms with E-state index in [0.717, 1.165) is 10.0 Å². The lowest BCUT2D eigenvalue weighted by molar-refractivity contribution is 0.310. The maximum Gasteiger partial charge on any atom is 0.282 e. The summed E-state index contributed by atoms with van der Waals surface area (Å²) in [5.41, 5.74) is 1.16. The SMILES string of the molecule is CCOc1c(C=Nn2c(CC)nc3ccc(Br)cc3c2=O)cccc1OC. The van der Waals surface area contributed by atoms with E-state index in [-0.39, 0.29) is 5.56 Å². The third-order valence-electron chi connectivity index (χ3n) is 4.02. The van der Waals surface area contributed by atoms with Crippen LogP contribution in [0.2, 0.25) is 0 Å². The highest BCUT2D eigenvalue weighted by molar-refractivity contribution is 9.10. The molecule has 0 spiro atoms. The molecular formula is C20H20BrN3O3. The number of benzene rings is 2. The summed E-state index contributed by atoms with van der Waals surface area (Å²) in [6, 6.07) is 11.0. The monoisotopic (exact) mass is 429 g/mol. The molecule has 1 heterocycles. The number of halogens is 1. The Bertz CT molecular complexity index is 1060. The molecule has 2 aromatic carbocycles. The molecule has 27 heavy (non-hydrogen) atoms. The molecule has 7 heteroatoms. The van der Waals surface area contributed by atoms with Crippen LogP contribution < -0.4 is 15.0 Å². The summed E-state index contributed by atoms with van der Waals surface area (Å²) in [5.74, 6) is 1.80. The Kier molecular flexibility index (Phi) is 5.91. The summed E-state index contributed by atoms with van der Waals surface area (Å²) < 4.78 is 13.2. The van der Waals surface area contributed by atoms with Crippen molar-refractivity contribution in [3.8, 4) is 11.5 Å². The normalized spacial score (nSPS) is 11.3. The van der Waals surface area contributed by atoms with E-state index in [1.807, 2.05) is 44.2 Å². The molecule has 0 aliphatic rings. The van der Waals surface area contributed by atoms with Crippen molar-refractivity contribution in [3.05, 3.63) is 62.6 Å². The Morgan fingerprint density at radius 3 is 2.78 bits per heavy atom. The van der Waals surface area contributed by atoms with Gasteiger partial charge in [-0.05, 0) is 37.3 Å². The van der Waals surface area contributed by atoms with Crippen LogP contribution in [0.25, 0.3) is 10.9 Å². The van der Waals surface area contributed by atoms with Gasteiger partial charge in [0.1, 0.15) is 5.82 Å². The minimum absolute atomic E-state index is 0.213. The van der Waals surface area contributed by atoms with Crippen LogP contribution in [-0.4, -0.2) is 29.6 Å². The van der Waals surface area contributed by atoms with E-state index in [9.17, 15) is 4.79 Å². The van der Waals surface area contributed by atoms with E-state index in [4.69, 9.17) is 9.47 Å². The Labute approximate surface area is 165 Å². The van der Waals surface area contributed by atoms with Crippen LogP contribution in [0.1, 0.15) is 25.2 Å². The van der Waals surface area contributed by atoms with Gasteiger partial charge in [-0.1, -0.05) is 28.9 Å². The molecular weight excluding hydrogens is 410 g/mol. The second-order valence-electron chi connectivity index (χ2n) is 5.72. The first-order valence-electron chi connectivity index (χ1n) is 8.64. The standard InChI is InChI=1S/C20H20BrN3O3/c1-4-18-23-16-10-9-14(21)11-15(16)20(25)24(18)22-12-13-7-6-8-17(26-3)19(13)27-5-2/h6-12H,4-5H2,1-3H3. The quantitative estimate of drug-likeness (QED) is 0.555. The number of nitrogens with zero attached hydrogens (tertiary/aromatic N) is 3. The topological polar surface area (TPSA) is 65.7 Å². The van der Waals surface area contributed by atoms with Crippen molar-refractivity contribution >= 4 is 33.0 Å². The Morgan fingerprint density at radius 2 is 2.07 bits per heavy atom. The fourth-order valence-corrected chi connectivity index (χ4v) is 3.12. The molecule has 0 aliphatic carbocycles. The lowest BCUT2D eigenvalue weighted by Crippen LogP contribution is -2.22. The summed E-state index contributed by atoms with van der Waals surface area (Å²) in [6.45, 7) is 4.33. The van der Waals surface area contributed by atoms with Crippen molar-refractivity contribution in [1.29, 1.82) is 0 Å². The lowest BCUT2D eigenvalue weighted by Gasteiger charge is -2.12. The van der Waals surface area contributed by atoms with Crippen LogP contribution >= 0.6 is 15.9 Å². The van der Waals surface area contributed by atoms with Crippen molar-refractivity contribution < 1.29 is 9.47 Å². The molecule has 0 radical (unpaired) electrons. The largest absolute Gasteiger partial charge is 0.493 e. The van der Waals surface area contributed by atoms with E-state index in [1.165, 1.54) is 4.68 Å². The van der Waals surface area contributed by atoms with Crippen molar-refractivity contribution in [2.24, 2.45) is 5.10 Å². The van der Waals surface area contributed by atoms with Gasteiger partial charge in [-0.2, -0.15) is 9.78 Å². The Morgan fingerprint density at radius 1 is 1.26 bits per heavy atom. The molecule has 0 saturated heterocycles. The lowest BCUT2D eigenvalue weighted by atomic mass is 10.2. The van der Waals surface area contributed by atoms with Crippen LogP contribution in [-0.2, 0) is 6.42 Å². The molecule has 0 fully saturated rings. The number of aromatic nitrogens is 2. The third kappa shape index (κ3) is 3.88. The highest BCUT2D eigenvalue weighted by Crippen LogP contribution is 2.30. The molecule has 0 saturated carbocycles. The zero-order chi connectivity index (χ0) is 19.4. The average molecular weight is 430 g/mol. The van der Waals surface area contributed by atoms with Crippen LogP contribution in [0, 0.1) is 0 Å². The maximum atomic E-state index is 12.9. The van der Waals surface area contributed by atoms with E-state index in [2.05, 4.69) is 26.0 Å². The summed E-state index contributed by atoms with van der Waals surface area (Å²) in [5, 5.41) is 4.92. The summed E-state index contributed by atoms with van der Waals surface area (Å²) in [6.07, 6.45) is 2.18. The molecule has 0 N–H and O–H groups in total. The van der Waals surface area contributed by atoms with Gasteiger partial charge in [0.05, 0.1) is 30.8 Å². The van der Waals surface area contributed by atoms with E-state index in [0.29, 0.717) is 41.3 Å². The van der Waals surface area contributed by atoms with Crippen LogP contribution in [0.5, 0.6) is 11.5 Å². The van der Waals surface area contributed by atoms with Crippen molar-refractivity contribution in [3.63, 3.8) is 0 Å². The van der Waals surface area contributed by atoms with Gasteiger partial charge in [-0.15, -0.1) is 0 Å². The molecule has 0 unspecified atom stereocenters. The Balaban J connectivity index is 2.14. The zero-order valence-electron chi connectivity index (χ0n) is 15.4. The molecule has 1 aromatic heterocycles. The van der Waals surface area contributed by atoms with Gasteiger partial charge in [0.25, 0.3) is 5.56 Å². The number of hydrogen-bond acceptors (Lipinski definition) is 5. The fourth-order valence-electron chi connectivity index (χ4n) is 2.76. The molecule has 3 rings (SSSR count). The first kappa shape index (κ1) is 19.1. The van der Waals surface area contributed by atoms with E-state index < -0.39 is 0 Å². The van der Waals surface area contributed by atoms with Crippen molar-refractivity contribution in [2.75, 3.05) is 13.7 Å². The van der Waals surface area contributed by atoms with Crippen molar-refractivity contribution in [2.45, 2.75) is 20.3 Å². The third-order valence-corrected chi connectivity index (χ3v) is 4.52. The van der Waals surface area contributed by atoms with Crippen LogP contribution in [0.3, 0.4) is 0 Å². The first-order chi connectivity index (χ1) is 13.1. The average Bonchev–Trinajstić information content (AvgIpc) is 2.68. The number of hydrogen-bond donors (Lipinski definition) is 0. The van der Waals surface area contributed by atoms with Gasteiger partial charge in [0, 0.05) is 16.5 Å². The van der Waals surface area contributed by atoms with E-state index in [1.54, 1.807) is 19.4 Å². The number of methoxy groups -OCH3 is 1. The van der Waals surface area contributed by atoms with Gasteiger partial charge >= 0.3 is 0 Å². The molecule has 6 nitrogen and oxygen atoms in total. The first-order valence-corrected chi connectivity index (χ1v) is 9.43. The predicted octanol–water partition coefficient (Wildman–Crippen LogP) is 4.01. The van der Waals surface area contributed by atoms with Gasteiger partial charge in [-0.3, -0.25) is 4.79 Å². The van der Waals surface area contributed by atoms with Gasteiger partial charge in [0.15, 0.2) is 11.5 Å². The van der Waals surface area contributed by atoms with Gasteiger partial charge in [-0.25, -0.2) is 4.98 Å². The Hall–Kier alpha value is -2.67. The fraction of sp³-hybridized carbons (Fsp3) is 0.250. The molecule has 0 bridgehead atoms. The number of para-hydroxylation sites is 1. The van der Waals surface area contributed by atoms with Gasteiger partial charge < -0.3 is 9.47 Å². The minimum Gasteiger partial charge on any atom is -0.493 e. The van der Waals surface area contributed by atoms with Gasteiger partial charge in [0.2, 0.25) is 0 Å². The molecule has 140 valence electrons. The summed E-state index contributed by atoms with van der Waals surface area (Å²) >= 11 is 3.40. The van der Waals surface area contributed by atoms with Crippen LogP contribution in [0.15, 0.2) is 50.8 Å². The smallest absolute Gasteiger partial charge is 0.282 e. The molecule has 0 aliphatic heterocycles. The van der Waals surface area contributed by atoms with Crippen LogP contribution in [0.4, 0.5) is 0 Å². The number of rotatable bonds is 6. The second kappa shape index (κ2) is 8.35. The number of ether oxygens (including phenoxy) is 2. The highest BCUT2D eigenvalue weighted by Gasteiger charge is 2.11. The van der Waals surface area contributed by atoms with E-state index >= 15 is 0 Å². The molecule has 0 amide bonds. The minimum atomic E-state index is -0.213. The number of fused-ring (bicyclic) bond motifs is 1. The highest BCUT2D eigenvalue weighted by atomic mass is 79.9. The molecule has 3 aromatic rings. The zero-order valence-corrected chi connectivity index (χ0v) is 17.0. The summed E-state index contributed by atoms with van der Waals surface area (Å²) in [4.78, 5) is 17.5. The van der Waals surface area contributed by atoms with Crippen molar-refractivity contribution in [1.82, 2.24) is 9.66 Å². The maximum absolute atomic E-state index is 12.9.